The normalized spacial score (nSPS) is 12.5. The van der Waals surface area contributed by atoms with Crippen LogP contribution in [-0.4, -0.2) is 14.8 Å². The second-order valence-corrected chi connectivity index (χ2v) is 5.96. The van der Waals surface area contributed by atoms with Crippen molar-refractivity contribution in [3.05, 3.63) is 64.4 Å². The summed E-state index contributed by atoms with van der Waals surface area (Å²) in [5.41, 5.74) is 5.26. The monoisotopic (exact) mass is 298 g/mol. The highest BCUT2D eigenvalue weighted by molar-refractivity contribution is 7.09. The molecular formula is C16H18N4S. The summed E-state index contributed by atoms with van der Waals surface area (Å²) in [6, 6.07) is 10.4. The minimum Gasteiger partial charge on any atom is -0.305 e. The zero-order chi connectivity index (χ0) is 14.7. The molecule has 0 bridgehead atoms. The molecule has 4 nitrogen and oxygen atoms in total. The van der Waals surface area contributed by atoms with Crippen molar-refractivity contribution < 1.29 is 0 Å². The number of thiazole rings is 1. The van der Waals surface area contributed by atoms with Crippen LogP contribution in [0.2, 0.25) is 0 Å². The third-order valence-electron chi connectivity index (χ3n) is 3.54. The van der Waals surface area contributed by atoms with Gasteiger partial charge in [0, 0.05) is 29.2 Å². The molecule has 0 spiro atoms. The summed E-state index contributed by atoms with van der Waals surface area (Å²) in [7, 11) is 0. The van der Waals surface area contributed by atoms with Gasteiger partial charge in [0.15, 0.2) is 0 Å². The van der Waals surface area contributed by atoms with Gasteiger partial charge in [0.1, 0.15) is 0 Å². The summed E-state index contributed by atoms with van der Waals surface area (Å²) in [6.07, 6.45) is 4.00. The first-order valence-electron chi connectivity index (χ1n) is 6.96. The van der Waals surface area contributed by atoms with E-state index >= 15 is 0 Å². The van der Waals surface area contributed by atoms with E-state index in [2.05, 4.69) is 40.7 Å². The van der Waals surface area contributed by atoms with E-state index in [-0.39, 0.29) is 6.04 Å². The lowest BCUT2D eigenvalue weighted by Crippen LogP contribution is -2.17. The number of hydrogen-bond acceptors (Lipinski definition) is 4. The number of para-hydroxylation sites is 1. The average molecular weight is 298 g/mol. The second kappa shape index (κ2) is 6.20. The van der Waals surface area contributed by atoms with Crippen LogP contribution >= 0.6 is 11.3 Å². The number of aromatic nitrogens is 3. The number of nitrogens with zero attached hydrogens (tertiary/aromatic N) is 3. The first-order valence-corrected chi connectivity index (χ1v) is 7.84. The Morgan fingerprint density at radius 3 is 2.81 bits per heavy atom. The van der Waals surface area contributed by atoms with Crippen molar-refractivity contribution in [2.75, 3.05) is 0 Å². The van der Waals surface area contributed by atoms with Gasteiger partial charge in [0.2, 0.25) is 0 Å². The predicted octanol–water partition coefficient (Wildman–Crippen LogP) is 3.49. The predicted molar refractivity (Wildman–Crippen MR) is 85.7 cm³/mol. The average Bonchev–Trinajstić information content (AvgIpc) is 3.15. The molecule has 0 fully saturated rings. The molecule has 2 heterocycles. The minimum absolute atomic E-state index is 0.254. The second-order valence-electron chi connectivity index (χ2n) is 5.02. The molecule has 0 aliphatic heterocycles. The molecule has 0 saturated carbocycles. The number of rotatable bonds is 5. The van der Waals surface area contributed by atoms with Gasteiger partial charge < -0.3 is 5.32 Å². The van der Waals surface area contributed by atoms with Gasteiger partial charge in [-0.2, -0.15) is 5.10 Å². The third kappa shape index (κ3) is 3.20. The van der Waals surface area contributed by atoms with Gasteiger partial charge in [-0.05, 0) is 26.0 Å². The maximum absolute atomic E-state index is 4.44. The van der Waals surface area contributed by atoms with Crippen LogP contribution in [-0.2, 0) is 6.54 Å². The molecule has 0 aliphatic carbocycles. The standard InChI is InChI=1S/C16H18N4S/c1-12(17-9-16-13(2)18-11-21-16)14-8-19-20(10-14)15-6-4-3-5-7-15/h3-8,10-12,17H,9H2,1-2H3. The molecule has 1 atom stereocenters. The number of nitrogens with one attached hydrogen (secondary N) is 1. The van der Waals surface area contributed by atoms with Crippen molar-refractivity contribution in [2.45, 2.75) is 26.4 Å². The van der Waals surface area contributed by atoms with Gasteiger partial charge in [-0.1, -0.05) is 18.2 Å². The number of hydrogen-bond donors (Lipinski definition) is 1. The van der Waals surface area contributed by atoms with E-state index in [1.54, 1.807) is 11.3 Å². The molecule has 5 heteroatoms. The molecule has 0 saturated heterocycles. The molecule has 3 rings (SSSR count). The summed E-state index contributed by atoms with van der Waals surface area (Å²) in [6.45, 7) is 5.04. The molecule has 0 radical (unpaired) electrons. The van der Waals surface area contributed by atoms with Crippen LogP contribution < -0.4 is 5.32 Å². The van der Waals surface area contributed by atoms with Gasteiger partial charge in [0.25, 0.3) is 0 Å². The molecule has 0 aliphatic rings. The van der Waals surface area contributed by atoms with Gasteiger partial charge in [-0.15, -0.1) is 11.3 Å². The van der Waals surface area contributed by atoms with Gasteiger partial charge in [-0.25, -0.2) is 9.67 Å². The SMILES string of the molecule is Cc1ncsc1CNC(C)c1cnn(-c2ccccc2)c1. The number of benzene rings is 1. The first-order chi connectivity index (χ1) is 10.2. The highest BCUT2D eigenvalue weighted by atomic mass is 32.1. The molecule has 0 amide bonds. The van der Waals surface area contributed by atoms with Crippen LogP contribution in [0.5, 0.6) is 0 Å². The third-order valence-corrected chi connectivity index (χ3v) is 4.47. The lowest BCUT2D eigenvalue weighted by atomic mass is 10.2. The fourth-order valence-electron chi connectivity index (χ4n) is 2.14. The van der Waals surface area contributed by atoms with Crippen molar-refractivity contribution in [2.24, 2.45) is 0 Å². The Bertz CT molecular complexity index is 702. The van der Waals surface area contributed by atoms with E-state index in [0.717, 1.165) is 17.9 Å². The van der Waals surface area contributed by atoms with Gasteiger partial charge in [-0.3, -0.25) is 0 Å². The van der Waals surface area contributed by atoms with E-state index in [0.29, 0.717) is 0 Å². The Morgan fingerprint density at radius 2 is 2.10 bits per heavy atom. The van der Waals surface area contributed by atoms with Crippen LogP contribution in [0, 0.1) is 6.92 Å². The Balaban J connectivity index is 1.67. The summed E-state index contributed by atoms with van der Waals surface area (Å²) in [4.78, 5) is 5.56. The molecule has 2 aromatic heterocycles. The fourth-order valence-corrected chi connectivity index (χ4v) is 2.87. The quantitative estimate of drug-likeness (QED) is 0.784. The van der Waals surface area contributed by atoms with Gasteiger partial charge in [0.05, 0.1) is 23.1 Å². The molecule has 108 valence electrons. The van der Waals surface area contributed by atoms with Crippen LogP contribution in [0.1, 0.15) is 29.1 Å². The molecule has 1 unspecified atom stereocenters. The van der Waals surface area contributed by atoms with Crippen molar-refractivity contribution in [1.29, 1.82) is 0 Å². The van der Waals surface area contributed by atoms with Gasteiger partial charge >= 0.3 is 0 Å². The maximum Gasteiger partial charge on any atom is 0.0798 e. The Hall–Kier alpha value is -1.98. The lowest BCUT2D eigenvalue weighted by molar-refractivity contribution is 0.577. The van der Waals surface area contributed by atoms with Crippen molar-refractivity contribution in [3.63, 3.8) is 0 Å². The van der Waals surface area contributed by atoms with E-state index in [1.165, 1.54) is 10.4 Å². The van der Waals surface area contributed by atoms with E-state index < -0.39 is 0 Å². The van der Waals surface area contributed by atoms with Crippen LogP contribution in [0.25, 0.3) is 5.69 Å². The van der Waals surface area contributed by atoms with Crippen LogP contribution in [0.15, 0.2) is 48.2 Å². The Morgan fingerprint density at radius 1 is 1.29 bits per heavy atom. The topological polar surface area (TPSA) is 42.7 Å². The molecule has 3 aromatic rings. The van der Waals surface area contributed by atoms with E-state index in [4.69, 9.17) is 0 Å². The summed E-state index contributed by atoms with van der Waals surface area (Å²) < 4.78 is 1.91. The van der Waals surface area contributed by atoms with Crippen LogP contribution in [0.3, 0.4) is 0 Å². The summed E-state index contributed by atoms with van der Waals surface area (Å²) >= 11 is 1.69. The molecule has 1 N–H and O–H groups in total. The molecular weight excluding hydrogens is 280 g/mol. The first kappa shape index (κ1) is 14.0. The highest BCUT2D eigenvalue weighted by Crippen LogP contribution is 2.17. The minimum atomic E-state index is 0.254. The Kier molecular flexibility index (Phi) is 4.13. The maximum atomic E-state index is 4.44. The van der Waals surface area contributed by atoms with Crippen molar-refractivity contribution >= 4 is 11.3 Å². The number of aryl methyl sites for hydroxylation is 1. The summed E-state index contributed by atoms with van der Waals surface area (Å²) in [5, 5.41) is 7.96. The zero-order valence-electron chi connectivity index (χ0n) is 12.2. The lowest BCUT2D eigenvalue weighted by Gasteiger charge is -2.11. The van der Waals surface area contributed by atoms with Crippen LogP contribution in [0.4, 0.5) is 0 Å². The fraction of sp³-hybridized carbons (Fsp3) is 0.250. The largest absolute Gasteiger partial charge is 0.305 e. The molecule has 21 heavy (non-hydrogen) atoms. The highest BCUT2D eigenvalue weighted by Gasteiger charge is 2.10. The van der Waals surface area contributed by atoms with Crippen molar-refractivity contribution in [1.82, 2.24) is 20.1 Å². The zero-order valence-corrected chi connectivity index (χ0v) is 13.0. The smallest absolute Gasteiger partial charge is 0.0798 e. The van der Waals surface area contributed by atoms with Crippen molar-refractivity contribution in [3.8, 4) is 5.69 Å². The van der Waals surface area contributed by atoms with E-state index in [1.807, 2.05) is 41.5 Å². The van der Waals surface area contributed by atoms with E-state index in [9.17, 15) is 0 Å². The summed E-state index contributed by atoms with van der Waals surface area (Å²) in [5.74, 6) is 0. The molecule has 1 aromatic carbocycles. The Labute approximate surface area is 128 Å².